The van der Waals surface area contributed by atoms with Gasteiger partial charge in [-0.3, -0.25) is 9.59 Å². The van der Waals surface area contributed by atoms with Crippen LogP contribution in [0.15, 0.2) is 30.5 Å². The van der Waals surface area contributed by atoms with E-state index in [4.69, 9.17) is 11.6 Å². The molecule has 172 valence electrons. The Bertz CT molecular complexity index is 1230. The second-order valence-corrected chi connectivity index (χ2v) is 9.43. The third-order valence-electron chi connectivity index (χ3n) is 6.49. The van der Waals surface area contributed by atoms with Crippen LogP contribution in [0, 0.1) is 18.7 Å². The highest BCUT2D eigenvalue weighted by molar-refractivity contribution is 6.33. The lowest BCUT2D eigenvalue weighted by atomic mass is 9.85. The molecule has 0 radical (unpaired) electrons. The number of amides is 2. The lowest BCUT2D eigenvalue weighted by molar-refractivity contribution is -0.120. The monoisotopic (exact) mass is 469 g/mol. The zero-order valence-electron chi connectivity index (χ0n) is 18.3. The van der Waals surface area contributed by atoms with Crippen molar-refractivity contribution in [2.45, 2.75) is 57.4 Å². The molecule has 2 aliphatic rings. The molecule has 1 aromatic carbocycles. The largest absolute Gasteiger partial charge is 0.349 e. The van der Waals surface area contributed by atoms with Crippen LogP contribution in [0.2, 0.25) is 5.02 Å². The fraction of sp³-hybridized carbons (Fsp3) is 0.417. The molecule has 2 N–H and O–H groups in total. The van der Waals surface area contributed by atoms with Gasteiger partial charge in [-0.1, -0.05) is 11.6 Å². The van der Waals surface area contributed by atoms with Crippen molar-refractivity contribution in [3.8, 4) is 0 Å². The van der Waals surface area contributed by atoms with E-state index in [2.05, 4.69) is 20.7 Å². The molecule has 5 rings (SSSR count). The van der Waals surface area contributed by atoms with E-state index in [9.17, 15) is 14.0 Å². The number of aromatic nitrogens is 3. The van der Waals surface area contributed by atoms with Gasteiger partial charge in [-0.05, 0) is 69.7 Å². The number of benzene rings is 1. The number of nitrogens with one attached hydrogen (secondary N) is 2. The molecule has 0 unspecified atom stereocenters. The van der Waals surface area contributed by atoms with E-state index in [1.165, 1.54) is 18.2 Å². The summed E-state index contributed by atoms with van der Waals surface area (Å²) in [6.45, 7) is 1.94. The Morgan fingerprint density at radius 1 is 1.12 bits per heavy atom. The minimum absolute atomic E-state index is 0.0152. The number of hydrogen-bond donors (Lipinski definition) is 2. The third kappa shape index (κ3) is 4.57. The van der Waals surface area contributed by atoms with Crippen molar-refractivity contribution < 1.29 is 14.0 Å². The van der Waals surface area contributed by atoms with E-state index >= 15 is 0 Å². The Morgan fingerprint density at radius 2 is 1.88 bits per heavy atom. The first-order valence-corrected chi connectivity index (χ1v) is 11.7. The molecule has 2 fully saturated rings. The first-order valence-electron chi connectivity index (χ1n) is 11.3. The molecule has 33 heavy (non-hydrogen) atoms. The van der Waals surface area contributed by atoms with Crippen LogP contribution >= 0.6 is 11.6 Å². The van der Waals surface area contributed by atoms with Gasteiger partial charge in [-0.25, -0.2) is 13.9 Å². The maximum Gasteiger partial charge on any atom is 0.256 e. The number of hydrogen-bond acceptors (Lipinski definition) is 4. The van der Waals surface area contributed by atoms with E-state index in [-0.39, 0.29) is 28.8 Å². The molecule has 2 heterocycles. The maximum absolute atomic E-state index is 13.2. The van der Waals surface area contributed by atoms with Gasteiger partial charge in [0.2, 0.25) is 5.91 Å². The van der Waals surface area contributed by atoms with Crippen LogP contribution in [0.5, 0.6) is 0 Å². The van der Waals surface area contributed by atoms with E-state index in [1.807, 2.05) is 13.0 Å². The molecule has 0 saturated heterocycles. The van der Waals surface area contributed by atoms with Crippen molar-refractivity contribution >= 4 is 34.7 Å². The van der Waals surface area contributed by atoms with Gasteiger partial charge in [0.1, 0.15) is 11.4 Å². The predicted molar refractivity (Wildman–Crippen MR) is 123 cm³/mol. The van der Waals surface area contributed by atoms with Crippen LogP contribution in [0.1, 0.15) is 66.2 Å². The quantitative estimate of drug-likeness (QED) is 0.570. The topological polar surface area (TPSA) is 88.4 Å². The number of carbonyl (C=O) groups is 2. The standard InChI is InChI=1S/C24H25ClFN5O2/c1-13-10-21(14-2-3-14)31-22(28-13)18(12-27-31)24(33)29-17-7-4-15(5-8-17)23(32)30-20-9-6-16(26)11-19(20)25/h6,9-12,14-15,17H,2-5,7-8H2,1H3,(H,29,33)(H,30,32)/t15-,17-. The molecule has 0 atom stereocenters. The fourth-order valence-electron chi connectivity index (χ4n) is 4.53. The Hall–Kier alpha value is -3.00. The predicted octanol–water partition coefficient (Wildman–Crippen LogP) is 4.63. The van der Waals surface area contributed by atoms with E-state index in [1.54, 1.807) is 10.7 Å². The first-order chi connectivity index (χ1) is 15.9. The van der Waals surface area contributed by atoms with Gasteiger partial charge >= 0.3 is 0 Å². The van der Waals surface area contributed by atoms with Gasteiger partial charge in [0.05, 0.1) is 16.9 Å². The van der Waals surface area contributed by atoms with Crippen molar-refractivity contribution in [3.05, 3.63) is 58.3 Å². The van der Waals surface area contributed by atoms with Gasteiger partial charge in [0.15, 0.2) is 5.65 Å². The average molecular weight is 470 g/mol. The molecular weight excluding hydrogens is 445 g/mol. The first kappa shape index (κ1) is 21.8. The molecule has 0 bridgehead atoms. The third-order valence-corrected chi connectivity index (χ3v) is 6.80. The second kappa shape index (κ2) is 8.74. The molecule has 0 aliphatic heterocycles. The van der Waals surface area contributed by atoms with Crippen LogP contribution in [0.3, 0.4) is 0 Å². The number of anilines is 1. The van der Waals surface area contributed by atoms with Gasteiger partial charge in [-0.15, -0.1) is 0 Å². The Kier molecular flexibility index (Phi) is 5.78. The van der Waals surface area contributed by atoms with E-state index in [0.29, 0.717) is 48.5 Å². The van der Waals surface area contributed by atoms with Crippen LogP contribution in [-0.2, 0) is 4.79 Å². The van der Waals surface area contributed by atoms with Gasteiger partial charge < -0.3 is 10.6 Å². The molecule has 2 aliphatic carbocycles. The summed E-state index contributed by atoms with van der Waals surface area (Å²) < 4.78 is 15.0. The van der Waals surface area contributed by atoms with E-state index in [0.717, 1.165) is 24.2 Å². The highest BCUT2D eigenvalue weighted by atomic mass is 35.5. The van der Waals surface area contributed by atoms with Gasteiger partial charge in [0.25, 0.3) is 5.91 Å². The Labute approximate surface area is 195 Å². The number of halogens is 2. The second-order valence-electron chi connectivity index (χ2n) is 9.03. The molecular formula is C24H25ClFN5O2. The zero-order valence-corrected chi connectivity index (χ0v) is 19.0. The van der Waals surface area contributed by atoms with Gasteiger partial charge in [0, 0.05) is 29.3 Å². The van der Waals surface area contributed by atoms with Crippen LogP contribution in [0.4, 0.5) is 10.1 Å². The van der Waals surface area contributed by atoms with Crippen LogP contribution in [0.25, 0.3) is 5.65 Å². The lowest BCUT2D eigenvalue weighted by Crippen LogP contribution is -2.39. The molecule has 9 heteroatoms. The van der Waals surface area contributed by atoms with Crippen molar-refractivity contribution in [3.63, 3.8) is 0 Å². The molecule has 7 nitrogen and oxygen atoms in total. The highest BCUT2D eigenvalue weighted by Crippen LogP contribution is 2.40. The summed E-state index contributed by atoms with van der Waals surface area (Å²) in [5.74, 6) is -0.452. The maximum atomic E-state index is 13.2. The summed E-state index contributed by atoms with van der Waals surface area (Å²) in [4.78, 5) is 30.2. The number of fused-ring (bicyclic) bond motifs is 1. The smallest absolute Gasteiger partial charge is 0.256 e. The molecule has 2 aromatic heterocycles. The fourth-order valence-corrected chi connectivity index (χ4v) is 4.75. The number of nitrogens with zero attached hydrogens (tertiary/aromatic N) is 3. The molecule has 2 amide bonds. The summed E-state index contributed by atoms with van der Waals surface area (Å²) >= 11 is 6.01. The van der Waals surface area contributed by atoms with Crippen LogP contribution in [-0.4, -0.2) is 32.5 Å². The highest BCUT2D eigenvalue weighted by Gasteiger charge is 2.30. The summed E-state index contributed by atoms with van der Waals surface area (Å²) in [5, 5.41) is 10.5. The summed E-state index contributed by atoms with van der Waals surface area (Å²) in [7, 11) is 0. The van der Waals surface area contributed by atoms with Crippen molar-refractivity contribution in [1.29, 1.82) is 0 Å². The summed E-state index contributed by atoms with van der Waals surface area (Å²) in [5.41, 5.74) is 3.47. The van der Waals surface area contributed by atoms with Crippen molar-refractivity contribution in [1.82, 2.24) is 19.9 Å². The average Bonchev–Trinajstić information content (AvgIpc) is 3.54. The summed E-state index contributed by atoms with van der Waals surface area (Å²) in [6, 6.07) is 5.93. The Balaban J connectivity index is 1.20. The minimum Gasteiger partial charge on any atom is -0.349 e. The van der Waals surface area contributed by atoms with Crippen molar-refractivity contribution in [2.75, 3.05) is 5.32 Å². The number of aryl methyl sites for hydroxylation is 1. The van der Waals surface area contributed by atoms with Gasteiger partial charge in [-0.2, -0.15) is 5.10 Å². The van der Waals surface area contributed by atoms with E-state index < -0.39 is 5.82 Å². The molecule has 0 spiro atoms. The Morgan fingerprint density at radius 3 is 2.58 bits per heavy atom. The SMILES string of the molecule is Cc1cc(C2CC2)n2ncc(C(=O)N[C@H]3CC[C@H](C(=O)Nc4ccc(F)cc4Cl)CC3)c2n1. The minimum atomic E-state index is -0.449. The van der Waals surface area contributed by atoms with Crippen LogP contribution < -0.4 is 10.6 Å². The normalized spacial score (nSPS) is 20.6. The molecule has 2 saturated carbocycles. The number of carbonyl (C=O) groups excluding carboxylic acids is 2. The summed E-state index contributed by atoms with van der Waals surface area (Å²) in [6.07, 6.45) is 6.56. The number of rotatable bonds is 5. The molecule has 3 aromatic rings. The van der Waals surface area contributed by atoms with Crippen molar-refractivity contribution in [2.24, 2.45) is 5.92 Å². The lowest BCUT2D eigenvalue weighted by Gasteiger charge is -2.28. The zero-order chi connectivity index (χ0) is 23.1.